The number of aromatic nitrogens is 1. The second-order valence-corrected chi connectivity index (χ2v) is 7.37. The van der Waals surface area contributed by atoms with Gasteiger partial charge in [0.05, 0.1) is 12.1 Å². The Kier molecular flexibility index (Phi) is 5.59. The molecule has 2 aromatic carbocycles. The van der Waals surface area contributed by atoms with Crippen LogP contribution in [0.2, 0.25) is 5.02 Å². The minimum absolute atomic E-state index is 0.0733. The number of nitrogens with one attached hydrogen (secondary N) is 1. The number of hydrogen-bond acceptors (Lipinski definition) is 4. The molecule has 0 bridgehead atoms. The van der Waals surface area contributed by atoms with E-state index in [0.717, 1.165) is 11.1 Å². The van der Waals surface area contributed by atoms with E-state index in [1.54, 1.807) is 30.5 Å². The molecule has 1 aliphatic rings. The standard InChI is InChI=1S/C23H19ClN4O2/c1-15-9-10-17(24)12-19(15)27-21(29)14-28-22(30)13-20(16-6-3-2-4-7-16)26-18-8-5-11-25-23(18)28/h2-12H,13-14H2,1H3,(H,27,29). The van der Waals surface area contributed by atoms with Gasteiger partial charge in [0.2, 0.25) is 11.8 Å². The number of rotatable bonds is 4. The van der Waals surface area contributed by atoms with Crippen molar-refractivity contribution in [2.24, 2.45) is 4.99 Å². The number of anilines is 2. The molecule has 0 radical (unpaired) electrons. The third kappa shape index (κ3) is 4.23. The van der Waals surface area contributed by atoms with E-state index in [-0.39, 0.29) is 24.8 Å². The summed E-state index contributed by atoms with van der Waals surface area (Å²) in [5.74, 6) is -0.215. The predicted octanol–water partition coefficient (Wildman–Crippen LogP) is 4.54. The van der Waals surface area contributed by atoms with E-state index in [2.05, 4.69) is 15.3 Å². The number of carbonyl (C=O) groups is 2. The van der Waals surface area contributed by atoms with Crippen molar-refractivity contribution in [2.75, 3.05) is 16.8 Å². The Bertz CT molecular complexity index is 1140. The molecule has 0 spiro atoms. The highest BCUT2D eigenvalue weighted by Gasteiger charge is 2.27. The first-order valence-corrected chi connectivity index (χ1v) is 9.83. The zero-order valence-electron chi connectivity index (χ0n) is 16.3. The SMILES string of the molecule is Cc1ccc(Cl)cc1NC(=O)CN1C(=O)CC(c2ccccc2)=Nc2cccnc21. The minimum Gasteiger partial charge on any atom is -0.324 e. The average Bonchev–Trinajstić information content (AvgIpc) is 2.88. The molecule has 150 valence electrons. The van der Waals surface area contributed by atoms with Gasteiger partial charge < -0.3 is 5.32 Å². The highest BCUT2D eigenvalue weighted by molar-refractivity contribution is 6.31. The van der Waals surface area contributed by atoms with Crippen molar-refractivity contribution in [1.29, 1.82) is 0 Å². The lowest BCUT2D eigenvalue weighted by molar-refractivity contribution is -0.120. The molecule has 0 fully saturated rings. The van der Waals surface area contributed by atoms with Crippen LogP contribution in [0.5, 0.6) is 0 Å². The van der Waals surface area contributed by atoms with E-state index in [1.807, 2.05) is 43.3 Å². The maximum Gasteiger partial charge on any atom is 0.244 e. The van der Waals surface area contributed by atoms with E-state index in [4.69, 9.17) is 11.6 Å². The van der Waals surface area contributed by atoms with Gasteiger partial charge in [-0.3, -0.25) is 14.5 Å². The van der Waals surface area contributed by atoms with E-state index in [9.17, 15) is 9.59 Å². The van der Waals surface area contributed by atoms with Crippen molar-refractivity contribution in [3.63, 3.8) is 0 Å². The molecule has 1 aliphatic heterocycles. The van der Waals surface area contributed by atoms with Gasteiger partial charge in [-0.05, 0) is 42.3 Å². The number of fused-ring (bicyclic) bond motifs is 1. The second-order valence-electron chi connectivity index (χ2n) is 6.93. The number of aryl methyl sites for hydroxylation is 1. The van der Waals surface area contributed by atoms with Crippen molar-refractivity contribution in [3.8, 4) is 0 Å². The van der Waals surface area contributed by atoms with Crippen molar-refractivity contribution >= 4 is 46.3 Å². The van der Waals surface area contributed by atoms with Crippen LogP contribution in [0, 0.1) is 6.92 Å². The first-order chi connectivity index (χ1) is 14.5. The summed E-state index contributed by atoms with van der Waals surface area (Å²) in [5, 5.41) is 3.35. The topological polar surface area (TPSA) is 74.7 Å². The molecule has 2 amide bonds. The van der Waals surface area contributed by atoms with Crippen molar-refractivity contribution in [3.05, 3.63) is 83.0 Å². The lowest BCUT2D eigenvalue weighted by atomic mass is 10.1. The number of carbonyl (C=O) groups excluding carboxylic acids is 2. The molecule has 0 saturated carbocycles. The molecule has 4 rings (SSSR count). The average molecular weight is 419 g/mol. The van der Waals surface area contributed by atoms with Crippen LogP contribution in [0.25, 0.3) is 0 Å². The summed E-state index contributed by atoms with van der Waals surface area (Å²) < 4.78 is 0. The summed E-state index contributed by atoms with van der Waals surface area (Å²) >= 11 is 6.04. The summed E-state index contributed by atoms with van der Waals surface area (Å²) in [5.41, 5.74) is 3.54. The number of pyridine rings is 1. The van der Waals surface area contributed by atoms with Crippen molar-refractivity contribution in [2.45, 2.75) is 13.3 Å². The molecule has 30 heavy (non-hydrogen) atoms. The Labute approximate surface area is 179 Å². The van der Waals surface area contributed by atoms with Crippen LogP contribution in [-0.2, 0) is 9.59 Å². The van der Waals surface area contributed by atoms with Gasteiger partial charge in [-0.1, -0.05) is 48.0 Å². The third-order valence-electron chi connectivity index (χ3n) is 4.78. The number of hydrogen-bond donors (Lipinski definition) is 1. The van der Waals surface area contributed by atoms with Gasteiger partial charge in [0, 0.05) is 16.9 Å². The Balaban J connectivity index is 1.61. The minimum atomic E-state index is -0.339. The quantitative estimate of drug-likeness (QED) is 0.675. The van der Waals surface area contributed by atoms with Crippen LogP contribution < -0.4 is 10.2 Å². The number of aliphatic imine (C=N–C) groups is 1. The highest BCUT2D eigenvalue weighted by Crippen LogP contribution is 2.31. The molecule has 1 aromatic heterocycles. The number of nitrogens with zero attached hydrogens (tertiary/aromatic N) is 3. The maximum atomic E-state index is 13.1. The van der Waals surface area contributed by atoms with Gasteiger partial charge in [-0.15, -0.1) is 0 Å². The van der Waals surface area contributed by atoms with Gasteiger partial charge in [0.25, 0.3) is 0 Å². The maximum absolute atomic E-state index is 13.1. The van der Waals surface area contributed by atoms with Crippen LogP contribution >= 0.6 is 11.6 Å². The summed E-state index contributed by atoms with van der Waals surface area (Å²) in [4.78, 5) is 36.2. The molecule has 0 saturated heterocycles. The summed E-state index contributed by atoms with van der Waals surface area (Å²) in [6.07, 6.45) is 1.66. The Morgan fingerprint density at radius 1 is 1.13 bits per heavy atom. The lowest BCUT2D eigenvalue weighted by Crippen LogP contribution is -2.39. The monoisotopic (exact) mass is 418 g/mol. The molecule has 3 aromatic rings. The van der Waals surface area contributed by atoms with E-state index >= 15 is 0 Å². The van der Waals surface area contributed by atoms with Crippen LogP contribution in [0.4, 0.5) is 17.2 Å². The van der Waals surface area contributed by atoms with Crippen LogP contribution in [-0.4, -0.2) is 29.1 Å². The largest absolute Gasteiger partial charge is 0.324 e. The predicted molar refractivity (Wildman–Crippen MR) is 119 cm³/mol. The fourth-order valence-electron chi connectivity index (χ4n) is 3.25. The molecule has 0 atom stereocenters. The van der Waals surface area contributed by atoms with E-state index < -0.39 is 0 Å². The smallest absolute Gasteiger partial charge is 0.244 e. The van der Waals surface area contributed by atoms with Gasteiger partial charge in [-0.25, -0.2) is 9.98 Å². The highest BCUT2D eigenvalue weighted by atomic mass is 35.5. The fourth-order valence-corrected chi connectivity index (χ4v) is 3.42. The number of halogens is 1. The summed E-state index contributed by atoms with van der Waals surface area (Å²) in [6, 6.07) is 18.3. The van der Waals surface area contributed by atoms with E-state index in [0.29, 0.717) is 27.9 Å². The summed E-state index contributed by atoms with van der Waals surface area (Å²) in [6.45, 7) is 1.70. The molecular weight excluding hydrogens is 400 g/mol. The Hall–Kier alpha value is -3.51. The summed E-state index contributed by atoms with van der Waals surface area (Å²) in [7, 11) is 0. The molecule has 7 heteroatoms. The molecule has 6 nitrogen and oxygen atoms in total. The first kappa shape index (κ1) is 19.8. The van der Waals surface area contributed by atoms with Gasteiger partial charge in [-0.2, -0.15) is 0 Å². The number of benzene rings is 2. The van der Waals surface area contributed by atoms with Crippen LogP contribution in [0.15, 0.2) is 71.9 Å². The lowest BCUT2D eigenvalue weighted by Gasteiger charge is -2.21. The van der Waals surface area contributed by atoms with Gasteiger partial charge in [0.1, 0.15) is 12.2 Å². The molecule has 0 aliphatic carbocycles. The fraction of sp³-hybridized carbons (Fsp3) is 0.130. The second kappa shape index (κ2) is 8.47. The van der Waals surface area contributed by atoms with Gasteiger partial charge in [0.15, 0.2) is 5.82 Å². The Morgan fingerprint density at radius 2 is 1.93 bits per heavy atom. The first-order valence-electron chi connectivity index (χ1n) is 9.45. The van der Waals surface area contributed by atoms with Crippen LogP contribution in [0.1, 0.15) is 17.5 Å². The zero-order valence-corrected chi connectivity index (χ0v) is 17.1. The molecule has 2 heterocycles. The molecule has 0 unspecified atom stereocenters. The number of amides is 2. The zero-order chi connectivity index (χ0) is 21.1. The molecular formula is C23H19ClN4O2. The van der Waals surface area contributed by atoms with Crippen molar-refractivity contribution < 1.29 is 9.59 Å². The van der Waals surface area contributed by atoms with Gasteiger partial charge >= 0.3 is 0 Å². The van der Waals surface area contributed by atoms with Crippen LogP contribution in [0.3, 0.4) is 0 Å². The third-order valence-corrected chi connectivity index (χ3v) is 5.01. The van der Waals surface area contributed by atoms with Crippen molar-refractivity contribution in [1.82, 2.24) is 4.98 Å². The molecule has 1 N–H and O–H groups in total. The van der Waals surface area contributed by atoms with E-state index in [1.165, 1.54) is 4.90 Å². The Morgan fingerprint density at radius 3 is 2.73 bits per heavy atom. The normalized spacial score (nSPS) is 13.3.